The number of nitrogens with zero attached hydrogens (tertiary/aromatic N) is 3. The lowest BCUT2D eigenvalue weighted by atomic mass is 10.0. The van der Waals surface area contributed by atoms with Gasteiger partial charge in [-0.2, -0.15) is 5.10 Å². The van der Waals surface area contributed by atoms with Crippen LogP contribution >= 0.6 is 0 Å². The van der Waals surface area contributed by atoms with Crippen molar-refractivity contribution in [1.82, 2.24) is 14.7 Å². The number of aryl methyl sites for hydroxylation is 2. The molecule has 3 rings (SSSR count). The van der Waals surface area contributed by atoms with E-state index in [1.54, 1.807) is 6.08 Å². The van der Waals surface area contributed by atoms with Gasteiger partial charge < -0.3 is 4.74 Å². The second-order valence-electron chi connectivity index (χ2n) is 7.24. The van der Waals surface area contributed by atoms with Crippen molar-refractivity contribution in [2.45, 2.75) is 39.2 Å². The molecule has 0 N–H and O–H groups in total. The number of carbonyl (C=O) groups is 1. The summed E-state index contributed by atoms with van der Waals surface area (Å²) in [6, 6.07) is 8.98. The van der Waals surface area contributed by atoms with Crippen molar-refractivity contribution in [3.63, 3.8) is 0 Å². The Morgan fingerprint density at radius 3 is 2.67 bits per heavy atom. The maximum absolute atomic E-state index is 11.2. The van der Waals surface area contributed by atoms with Crippen LogP contribution in [-0.4, -0.2) is 40.8 Å². The van der Waals surface area contributed by atoms with Crippen molar-refractivity contribution < 1.29 is 9.53 Å². The number of rotatable bonds is 6. The molecule has 1 aliphatic rings. The first-order valence-electron chi connectivity index (χ1n) is 9.58. The normalized spacial score (nSPS) is 17.7. The summed E-state index contributed by atoms with van der Waals surface area (Å²) in [5.41, 5.74) is 6.15. The molecular weight excluding hydrogens is 338 g/mol. The van der Waals surface area contributed by atoms with Crippen LogP contribution in [0.5, 0.6) is 0 Å². The van der Waals surface area contributed by atoms with Gasteiger partial charge >= 0.3 is 5.97 Å². The van der Waals surface area contributed by atoms with Gasteiger partial charge in [0, 0.05) is 31.4 Å². The van der Waals surface area contributed by atoms with E-state index >= 15 is 0 Å². The first-order chi connectivity index (χ1) is 13.0. The highest BCUT2D eigenvalue weighted by molar-refractivity contribution is 5.86. The van der Waals surface area contributed by atoms with Gasteiger partial charge in [-0.3, -0.25) is 9.58 Å². The third-order valence-electron chi connectivity index (χ3n) is 5.61. The molecule has 0 spiro atoms. The summed E-state index contributed by atoms with van der Waals surface area (Å²) in [5, 5.41) is 4.54. The summed E-state index contributed by atoms with van der Waals surface area (Å²) in [5.74, 6) is -0.331. The van der Waals surface area contributed by atoms with Gasteiger partial charge in [0.1, 0.15) is 0 Å². The van der Waals surface area contributed by atoms with Crippen LogP contribution in [-0.2, 0) is 23.0 Å². The predicted octanol–water partition coefficient (Wildman–Crippen LogP) is 3.60. The third kappa shape index (κ3) is 4.48. The number of likely N-dealkylation sites (tertiary alicyclic amines) is 1. The molecule has 2 heterocycles. The molecule has 1 atom stereocenters. The van der Waals surface area contributed by atoms with Crippen molar-refractivity contribution in [3.8, 4) is 0 Å². The average molecular weight is 367 g/mol. The molecule has 5 heteroatoms. The third-order valence-corrected chi connectivity index (χ3v) is 5.61. The molecule has 1 saturated heterocycles. The van der Waals surface area contributed by atoms with Gasteiger partial charge in [0.2, 0.25) is 0 Å². The molecule has 0 unspecified atom stereocenters. The molecule has 27 heavy (non-hydrogen) atoms. The molecule has 0 aliphatic carbocycles. The molecule has 1 aromatic carbocycles. The number of esters is 1. The number of benzene rings is 1. The highest BCUT2D eigenvalue weighted by Crippen LogP contribution is 2.32. The lowest BCUT2D eigenvalue weighted by molar-refractivity contribution is -0.134. The average Bonchev–Trinajstić information content (AvgIpc) is 3.23. The number of carbonyl (C=O) groups excluding carboxylic acids is 1. The number of methoxy groups -OCH3 is 1. The first kappa shape index (κ1) is 19.4. The standard InChI is InChI=1S/C22H29N3O2/c1-16-20(17(2)24(3)23-16)13-15-25-14-5-6-21(25)19-10-7-18(8-11-19)9-12-22(26)27-4/h7-12,21H,5-6,13-15H2,1-4H3/t21-/m1/s1. The minimum Gasteiger partial charge on any atom is -0.466 e. The molecular formula is C22H29N3O2. The lowest BCUT2D eigenvalue weighted by Crippen LogP contribution is -2.26. The summed E-state index contributed by atoms with van der Waals surface area (Å²) in [6.45, 7) is 6.46. The molecule has 0 bridgehead atoms. The Morgan fingerprint density at radius 2 is 2.04 bits per heavy atom. The number of hydrogen-bond acceptors (Lipinski definition) is 4. The fourth-order valence-corrected chi connectivity index (χ4v) is 3.97. The molecule has 2 aromatic rings. The van der Waals surface area contributed by atoms with Crippen LogP contribution in [0.4, 0.5) is 0 Å². The molecule has 5 nitrogen and oxygen atoms in total. The van der Waals surface area contributed by atoms with Gasteiger partial charge in [0.05, 0.1) is 12.8 Å². The molecule has 0 saturated carbocycles. The zero-order valence-corrected chi connectivity index (χ0v) is 16.7. The Balaban J connectivity index is 1.65. The quantitative estimate of drug-likeness (QED) is 0.578. The Kier molecular flexibility index (Phi) is 6.11. The summed E-state index contributed by atoms with van der Waals surface area (Å²) < 4.78 is 6.61. The van der Waals surface area contributed by atoms with Crippen molar-refractivity contribution >= 4 is 12.0 Å². The summed E-state index contributed by atoms with van der Waals surface area (Å²) in [7, 11) is 3.40. The Labute approximate surface area is 161 Å². The fourth-order valence-electron chi connectivity index (χ4n) is 3.97. The van der Waals surface area contributed by atoms with Gasteiger partial charge in [-0.25, -0.2) is 4.79 Å². The monoisotopic (exact) mass is 367 g/mol. The number of ether oxygens (including phenoxy) is 1. The highest BCUT2D eigenvalue weighted by Gasteiger charge is 2.26. The summed E-state index contributed by atoms with van der Waals surface area (Å²) in [4.78, 5) is 13.8. The van der Waals surface area contributed by atoms with E-state index in [4.69, 9.17) is 0 Å². The van der Waals surface area contributed by atoms with Gasteiger partial charge in [-0.1, -0.05) is 24.3 Å². The number of aromatic nitrogens is 2. The van der Waals surface area contributed by atoms with Crippen LogP contribution in [0.3, 0.4) is 0 Å². The Bertz CT molecular complexity index is 821. The summed E-state index contributed by atoms with van der Waals surface area (Å²) in [6.07, 6.45) is 6.72. The van der Waals surface area contributed by atoms with Gasteiger partial charge in [-0.05, 0) is 62.4 Å². The van der Waals surface area contributed by atoms with Crippen LogP contribution in [0.15, 0.2) is 30.3 Å². The van der Waals surface area contributed by atoms with Crippen LogP contribution < -0.4 is 0 Å². The van der Waals surface area contributed by atoms with Crippen LogP contribution in [0, 0.1) is 13.8 Å². The van der Waals surface area contributed by atoms with Gasteiger partial charge in [-0.15, -0.1) is 0 Å². The molecule has 1 fully saturated rings. The fraction of sp³-hybridized carbons (Fsp3) is 0.455. The maximum Gasteiger partial charge on any atom is 0.330 e. The van der Waals surface area contributed by atoms with E-state index in [0.29, 0.717) is 6.04 Å². The molecule has 0 amide bonds. The Hall–Kier alpha value is -2.40. The minimum absolute atomic E-state index is 0.331. The van der Waals surface area contributed by atoms with Crippen LogP contribution in [0.25, 0.3) is 6.08 Å². The van der Waals surface area contributed by atoms with E-state index in [1.165, 1.54) is 42.8 Å². The van der Waals surface area contributed by atoms with Crippen LogP contribution in [0.2, 0.25) is 0 Å². The van der Waals surface area contributed by atoms with Gasteiger partial charge in [0.15, 0.2) is 0 Å². The maximum atomic E-state index is 11.2. The van der Waals surface area contributed by atoms with E-state index in [9.17, 15) is 4.79 Å². The van der Waals surface area contributed by atoms with E-state index in [-0.39, 0.29) is 5.97 Å². The van der Waals surface area contributed by atoms with E-state index in [2.05, 4.69) is 52.8 Å². The Morgan fingerprint density at radius 1 is 1.30 bits per heavy atom. The van der Waals surface area contributed by atoms with Crippen molar-refractivity contribution in [2.75, 3.05) is 20.2 Å². The first-order valence-corrected chi connectivity index (χ1v) is 9.58. The van der Waals surface area contributed by atoms with E-state index in [1.807, 2.05) is 11.7 Å². The van der Waals surface area contributed by atoms with Crippen molar-refractivity contribution in [2.24, 2.45) is 7.05 Å². The van der Waals surface area contributed by atoms with E-state index in [0.717, 1.165) is 30.8 Å². The molecule has 0 radical (unpaired) electrons. The SMILES string of the molecule is COC(=O)C=Cc1ccc([C@H]2CCCN2CCc2c(C)nn(C)c2C)cc1. The zero-order chi connectivity index (χ0) is 19.4. The minimum atomic E-state index is -0.331. The molecule has 1 aliphatic heterocycles. The summed E-state index contributed by atoms with van der Waals surface area (Å²) >= 11 is 0. The van der Waals surface area contributed by atoms with E-state index < -0.39 is 0 Å². The van der Waals surface area contributed by atoms with Gasteiger partial charge in [0.25, 0.3) is 0 Å². The lowest BCUT2D eigenvalue weighted by Gasteiger charge is -2.25. The molecule has 1 aromatic heterocycles. The van der Waals surface area contributed by atoms with Crippen LogP contribution in [0.1, 0.15) is 47.0 Å². The van der Waals surface area contributed by atoms with Crippen molar-refractivity contribution in [3.05, 3.63) is 58.4 Å². The van der Waals surface area contributed by atoms with Crippen molar-refractivity contribution in [1.29, 1.82) is 0 Å². The molecule has 144 valence electrons. The zero-order valence-electron chi connectivity index (χ0n) is 16.7. The second kappa shape index (κ2) is 8.53. The topological polar surface area (TPSA) is 47.4 Å². The second-order valence-corrected chi connectivity index (χ2v) is 7.24. The number of hydrogen-bond donors (Lipinski definition) is 0. The largest absolute Gasteiger partial charge is 0.466 e. The highest BCUT2D eigenvalue weighted by atomic mass is 16.5. The predicted molar refractivity (Wildman–Crippen MR) is 107 cm³/mol. The smallest absolute Gasteiger partial charge is 0.330 e.